The second-order valence-electron chi connectivity index (χ2n) is 25.5. The summed E-state index contributed by atoms with van der Waals surface area (Å²) in [6, 6.07) is 19.1. The van der Waals surface area contributed by atoms with Crippen LogP contribution in [0.2, 0.25) is 0 Å². The molecule has 0 aliphatic carbocycles. The molecule has 0 aromatic heterocycles. The first-order valence-electron chi connectivity index (χ1n) is 24.1. The molecule has 1 fully saturated rings. The molecule has 3 atom stereocenters. The van der Waals surface area contributed by atoms with Gasteiger partial charge < -0.3 is 41.0 Å². The van der Waals surface area contributed by atoms with E-state index in [0.717, 1.165) is 23.2 Å². The Kier molecular flexibility index (Phi) is 18.9. The van der Waals surface area contributed by atoms with Crippen LogP contribution in [-0.4, -0.2) is 66.3 Å². The lowest BCUT2D eigenvalue weighted by atomic mass is 9.88. The zero-order valence-electron chi connectivity index (χ0n) is 45.9. The normalized spacial score (nSPS) is 22.3. The van der Waals surface area contributed by atoms with Gasteiger partial charge in [-0.15, -0.1) is 12.4 Å². The van der Waals surface area contributed by atoms with Crippen molar-refractivity contribution >= 4 is 47.4 Å². The summed E-state index contributed by atoms with van der Waals surface area (Å²) >= 11 is 6.75. The van der Waals surface area contributed by atoms with Gasteiger partial charge in [0.1, 0.15) is 0 Å². The zero-order valence-corrected chi connectivity index (χ0v) is 49.2. The molecule has 15 heteroatoms. The Labute approximate surface area is 435 Å². The fourth-order valence-corrected chi connectivity index (χ4v) is 11.2. The number of hydroxylamine groups is 6. The second-order valence-corrected chi connectivity index (χ2v) is 28.5. The summed E-state index contributed by atoms with van der Waals surface area (Å²) in [5.41, 5.74) is 13.5. The van der Waals surface area contributed by atoms with E-state index in [9.17, 15) is 19.8 Å². The van der Waals surface area contributed by atoms with Crippen molar-refractivity contribution in [2.24, 2.45) is 5.73 Å². The minimum absolute atomic E-state index is 0. The first-order chi connectivity index (χ1) is 30.5. The van der Waals surface area contributed by atoms with Gasteiger partial charge in [0.05, 0.1) is 33.2 Å². The van der Waals surface area contributed by atoms with Crippen LogP contribution in [0.5, 0.6) is 0 Å². The molecule has 69 heavy (non-hydrogen) atoms. The lowest BCUT2D eigenvalue weighted by Gasteiger charge is -2.34. The van der Waals surface area contributed by atoms with Crippen LogP contribution in [0.25, 0.3) is 0 Å². The molecule has 4 aliphatic heterocycles. The van der Waals surface area contributed by atoms with Gasteiger partial charge in [-0.25, -0.2) is 0 Å². The molecule has 0 amide bonds. The number of thiol groups is 1. The number of fused-ring (bicyclic) bond motifs is 3. The third-order valence-electron chi connectivity index (χ3n) is 13.6. The molecule has 0 radical (unpaired) electrons. The Balaban J connectivity index is 0.000000261. The van der Waals surface area contributed by atoms with Gasteiger partial charge in [-0.1, -0.05) is 60.2 Å². The summed E-state index contributed by atoms with van der Waals surface area (Å²) in [5.74, 6) is 1.24. The van der Waals surface area contributed by atoms with Crippen LogP contribution in [0, 0.1) is 4.78 Å². The highest BCUT2D eigenvalue weighted by molar-refractivity contribution is 8.06. The van der Waals surface area contributed by atoms with Crippen molar-refractivity contribution in [3.05, 3.63) is 105 Å². The Hall–Kier alpha value is -1.76. The molecule has 3 aromatic carbocycles. The summed E-state index contributed by atoms with van der Waals surface area (Å²) in [4.78, 5) is 0. The molecular formula is C54H91ClN7O4S3-. The standard InChI is InChI=1S/C18H30N3O2S.C18H30N2OS.C14H19NOS.C4H11N.ClH/c1-16(2,3)20-11-15(24(19)23)12-8-9-13-14(10-12)18(6,7)21(22)17(13,4)5;1-16(2,3)19-11-15(22)12-8-9-13-14(10-12)18(6,7)20(21)17(13,4)5;1-13(2)10-6-5-9(12-8-17-12)7-11(10)14(3,4)15(13)16;1-4(2,3)5;/h8-10,15,19-20,22H,11H2,1-7H3;8-10,15,19,21-22H,11H2,1-7H3;5-7,12,16H,8H2,1-4H3;5H2,1-3H3;1H/q-1;;;;. The lowest BCUT2D eigenvalue weighted by Crippen LogP contribution is -2.42. The third kappa shape index (κ3) is 13.9. The van der Waals surface area contributed by atoms with E-state index in [1.807, 2.05) is 78.4 Å². The van der Waals surface area contributed by atoms with Crippen molar-refractivity contribution < 1.29 is 19.8 Å². The lowest BCUT2D eigenvalue weighted by molar-refractivity contribution is -0.216. The predicted octanol–water partition coefficient (Wildman–Crippen LogP) is 13.1. The van der Waals surface area contributed by atoms with Crippen molar-refractivity contribution in [1.82, 2.24) is 25.8 Å². The topological polar surface area (TPSA) is 161 Å². The summed E-state index contributed by atoms with van der Waals surface area (Å²) in [6.07, 6.45) is 0. The van der Waals surface area contributed by atoms with Crippen molar-refractivity contribution in [1.29, 1.82) is 4.78 Å². The van der Waals surface area contributed by atoms with E-state index in [1.165, 1.54) is 54.3 Å². The smallest absolute Gasteiger partial charge is 0.0665 e. The number of thioether (sulfide) groups is 1. The van der Waals surface area contributed by atoms with Gasteiger partial charge in [-0.2, -0.15) is 50.2 Å². The van der Waals surface area contributed by atoms with Gasteiger partial charge in [0, 0.05) is 39.4 Å². The maximum atomic E-state index is 12.0. The minimum atomic E-state index is -1.73. The molecule has 3 aromatic rings. The largest absolute Gasteiger partial charge is 0.444 e. The average molecular weight is 1030 g/mol. The molecule has 1 saturated heterocycles. The van der Waals surface area contributed by atoms with Crippen LogP contribution in [0.15, 0.2) is 54.6 Å². The van der Waals surface area contributed by atoms with E-state index in [-0.39, 0.29) is 56.4 Å². The SMILES string of the molecule is CC(C)(C)N.CC(C)(C)NCC(S)c1ccc2c(c1)C(C)(C)N(O)C2(C)C.CC(C)(C)NCC(c1ccc2c(c1)C(C)(C)N(O)C2(C)C)[S-](=N)=O.CC1(C)c2ccc(C3CS3)cc2C(C)(C)N1O.Cl. The van der Waals surface area contributed by atoms with Crippen LogP contribution in [0.3, 0.4) is 0 Å². The van der Waals surface area contributed by atoms with E-state index >= 15 is 0 Å². The van der Waals surface area contributed by atoms with Crippen molar-refractivity contribution in [3.8, 4) is 0 Å². The van der Waals surface area contributed by atoms with Gasteiger partial charge in [-0.3, -0.25) is 0 Å². The second kappa shape index (κ2) is 21.2. The van der Waals surface area contributed by atoms with Crippen LogP contribution in [-0.2, 0) is 48.0 Å². The number of hydrogen-bond donors (Lipinski definition) is 8. The number of rotatable bonds is 8. The molecule has 3 unspecified atom stereocenters. The van der Waals surface area contributed by atoms with Gasteiger partial charge in [0.2, 0.25) is 0 Å². The number of nitrogens with one attached hydrogen (secondary N) is 3. The summed E-state index contributed by atoms with van der Waals surface area (Å²) < 4.78 is 19.8. The van der Waals surface area contributed by atoms with E-state index in [2.05, 4.69) is 144 Å². The fourth-order valence-electron chi connectivity index (χ4n) is 9.67. The Bertz CT molecular complexity index is 2330. The van der Waals surface area contributed by atoms with E-state index in [1.54, 1.807) is 0 Å². The highest BCUT2D eigenvalue weighted by Gasteiger charge is 2.51. The van der Waals surface area contributed by atoms with Crippen molar-refractivity contribution in [2.45, 2.75) is 211 Å². The maximum Gasteiger partial charge on any atom is 0.0665 e. The molecule has 0 spiro atoms. The number of hydrogen-bond acceptors (Lipinski definition) is 14. The fraction of sp³-hybridized carbons (Fsp3) is 0.667. The molecule has 0 saturated carbocycles. The monoisotopic (exact) mass is 1030 g/mol. The number of nitrogens with zero attached hydrogens (tertiary/aromatic N) is 3. The first-order valence-corrected chi connectivity index (χ1v) is 26.9. The van der Waals surface area contributed by atoms with Crippen molar-refractivity contribution in [3.63, 3.8) is 0 Å². The number of benzene rings is 3. The summed E-state index contributed by atoms with van der Waals surface area (Å²) in [6.45, 7) is 44.3. The predicted molar refractivity (Wildman–Crippen MR) is 295 cm³/mol. The Morgan fingerprint density at radius 1 is 0.623 bits per heavy atom. The molecule has 4 heterocycles. The summed E-state index contributed by atoms with van der Waals surface area (Å²) in [7, 11) is -1.73. The van der Waals surface area contributed by atoms with Crippen molar-refractivity contribution in [2.75, 3.05) is 18.8 Å². The first kappa shape index (κ1) is 61.5. The van der Waals surface area contributed by atoms with Crippen LogP contribution >= 0.6 is 36.8 Å². The van der Waals surface area contributed by atoms with Gasteiger partial charge in [-0.05, 0) is 202 Å². The molecule has 7 rings (SSSR count). The highest BCUT2D eigenvalue weighted by Crippen LogP contribution is 2.53. The van der Waals surface area contributed by atoms with Crippen LogP contribution in [0.4, 0.5) is 0 Å². The number of nitrogens with two attached hydrogens (primary N) is 1. The summed E-state index contributed by atoms with van der Waals surface area (Å²) in [5, 5.41) is 43.1. The zero-order chi connectivity index (χ0) is 52.3. The van der Waals surface area contributed by atoms with E-state index in [4.69, 9.17) is 23.1 Å². The Morgan fingerprint density at radius 3 is 1.28 bits per heavy atom. The average Bonchev–Trinajstić information content (AvgIpc) is 4.01. The minimum Gasteiger partial charge on any atom is -0.444 e. The molecule has 0 bridgehead atoms. The molecule has 8 N–H and O–H groups in total. The van der Waals surface area contributed by atoms with E-state index < -0.39 is 26.9 Å². The molecular weight excluding hydrogens is 942 g/mol. The van der Waals surface area contributed by atoms with Crippen LogP contribution in [0.1, 0.15) is 211 Å². The number of halogens is 1. The Morgan fingerprint density at radius 2 is 0.928 bits per heavy atom. The highest BCUT2D eigenvalue weighted by atomic mass is 35.5. The van der Waals surface area contributed by atoms with E-state index in [0.29, 0.717) is 11.8 Å². The van der Waals surface area contributed by atoms with Gasteiger partial charge in [0.15, 0.2) is 0 Å². The molecule has 4 aliphatic rings. The van der Waals surface area contributed by atoms with Crippen LogP contribution < -0.4 is 16.4 Å². The van der Waals surface area contributed by atoms with Gasteiger partial charge in [0.25, 0.3) is 0 Å². The third-order valence-corrected chi connectivity index (χ3v) is 16.0. The maximum absolute atomic E-state index is 12.0. The molecule has 392 valence electrons. The molecule has 11 nitrogen and oxygen atoms in total. The quantitative estimate of drug-likeness (QED) is 0.0616. The van der Waals surface area contributed by atoms with Gasteiger partial charge >= 0.3 is 0 Å².